The Labute approximate surface area is 183 Å². The van der Waals surface area contributed by atoms with Gasteiger partial charge in [-0.15, -0.1) is 0 Å². The van der Waals surface area contributed by atoms with Crippen molar-refractivity contribution in [3.05, 3.63) is 53.6 Å². The molecule has 3 amide bonds. The topological polar surface area (TPSA) is 78.5 Å². The van der Waals surface area contributed by atoms with Crippen LogP contribution in [0.25, 0.3) is 0 Å². The van der Waals surface area contributed by atoms with Gasteiger partial charge in [0.1, 0.15) is 0 Å². The molecule has 1 aliphatic heterocycles. The molecule has 2 aromatic carbocycles. The maximum Gasteiger partial charge on any atom is 0.229 e. The Hall–Kier alpha value is -3.15. The minimum absolute atomic E-state index is 0.0294. The maximum absolute atomic E-state index is 12.9. The van der Waals surface area contributed by atoms with E-state index in [9.17, 15) is 14.4 Å². The summed E-state index contributed by atoms with van der Waals surface area (Å²) in [6.45, 7) is 6.50. The number of nitrogens with zero attached hydrogens (tertiary/aromatic N) is 1. The number of hydrogen-bond acceptors (Lipinski definition) is 3. The highest BCUT2D eigenvalue weighted by Gasteiger charge is 2.35. The standard InChI is InChI=1S/C25H29N3O3/c1-15(2)18-5-4-6-21(11-18)28-14-19(12-23(28)29)25(31)27-22-13-20(10-7-16(22)3)26-24(30)17-8-9-17/h4-7,10-11,13,15,17,19H,8-9,12,14H2,1-3H3,(H,26,30)(H,27,31). The number of benzene rings is 2. The lowest BCUT2D eigenvalue weighted by Crippen LogP contribution is -2.28. The highest BCUT2D eigenvalue weighted by atomic mass is 16.2. The van der Waals surface area contributed by atoms with E-state index in [1.54, 1.807) is 11.0 Å². The Morgan fingerprint density at radius 2 is 1.74 bits per heavy atom. The summed E-state index contributed by atoms with van der Waals surface area (Å²) >= 11 is 0. The van der Waals surface area contributed by atoms with Crippen molar-refractivity contribution < 1.29 is 14.4 Å². The molecule has 31 heavy (non-hydrogen) atoms. The molecule has 0 radical (unpaired) electrons. The third-order valence-electron chi connectivity index (χ3n) is 6.06. The Balaban J connectivity index is 1.44. The van der Waals surface area contributed by atoms with Crippen molar-refractivity contribution in [3.8, 4) is 0 Å². The van der Waals surface area contributed by atoms with E-state index in [-0.39, 0.29) is 30.1 Å². The van der Waals surface area contributed by atoms with Crippen molar-refractivity contribution in [2.75, 3.05) is 22.1 Å². The van der Waals surface area contributed by atoms with Crippen LogP contribution in [0.3, 0.4) is 0 Å². The maximum atomic E-state index is 12.9. The molecule has 1 saturated carbocycles. The first-order valence-electron chi connectivity index (χ1n) is 10.9. The number of nitrogens with one attached hydrogen (secondary N) is 2. The van der Waals surface area contributed by atoms with Crippen molar-refractivity contribution in [1.29, 1.82) is 0 Å². The SMILES string of the molecule is Cc1ccc(NC(=O)C2CC2)cc1NC(=O)C1CC(=O)N(c2cccc(C(C)C)c2)C1. The Kier molecular flexibility index (Phi) is 5.81. The minimum atomic E-state index is -0.417. The van der Waals surface area contributed by atoms with E-state index in [1.807, 2.05) is 37.3 Å². The summed E-state index contributed by atoms with van der Waals surface area (Å²) in [5, 5.41) is 5.88. The van der Waals surface area contributed by atoms with Gasteiger partial charge in [-0.05, 0) is 61.1 Å². The summed E-state index contributed by atoms with van der Waals surface area (Å²) in [5.41, 5.74) is 4.24. The zero-order valence-electron chi connectivity index (χ0n) is 18.3. The summed E-state index contributed by atoms with van der Waals surface area (Å²) in [5.74, 6) is -0.120. The van der Waals surface area contributed by atoms with E-state index in [0.717, 1.165) is 24.1 Å². The lowest BCUT2D eigenvalue weighted by molar-refractivity contribution is -0.122. The van der Waals surface area contributed by atoms with Crippen molar-refractivity contribution in [3.63, 3.8) is 0 Å². The van der Waals surface area contributed by atoms with Gasteiger partial charge in [-0.1, -0.05) is 32.0 Å². The van der Waals surface area contributed by atoms with Gasteiger partial charge in [-0.3, -0.25) is 14.4 Å². The number of carbonyl (C=O) groups excluding carboxylic acids is 3. The van der Waals surface area contributed by atoms with Crippen LogP contribution in [0.2, 0.25) is 0 Å². The van der Waals surface area contributed by atoms with Gasteiger partial charge in [0.25, 0.3) is 0 Å². The molecule has 162 valence electrons. The molecule has 0 bridgehead atoms. The quantitative estimate of drug-likeness (QED) is 0.726. The molecule has 0 aromatic heterocycles. The molecule has 2 aliphatic rings. The van der Waals surface area contributed by atoms with Crippen LogP contribution in [0.1, 0.15) is 50.2 Å². The fourth-order valence-electron chi connectivity index (χ4n) is 3.84. The number of carbonyl (C=O) groups is 3. The molecule has 2 fully saturated rings. The van der Waals surface area contributed by atoms with E-state index in [2.05, 4.69) is 30.5 Å². The van der Waals surface area contributed by atoms with Gasteiger partial charge < -0.3 is 15.5 Å². The summed E-state index contributed by atoms with van der Waals surface area (Å²) in [6, 6.07) is 13.5. The number of rotatable bonds is 6. The van der Waals surface area contributed by atoms with Gasteiger partial charge in [0.15, 0.2) is 0 Å². The molecule has 2 N–H and O–H groups in total. The lowest BCUT2D eigenvalue weighted by atomic mass is 10.0. The molecule has 0 spiro atoms. The molecule has 1 atom stereocenters. The van der Waals surface area contributed by atoms with Crippen molar-refractivity contribution in [2.45, 2.75) is 46.0 Å². The highest BCUT2D eigenvalue weighted by Crippen LogP contribution is 2.32. The van der Waals surface area contributed by atoms with Crippen LogP contribution in [0.15, 0.2) is 42.5 Å². The van der Waals surface area contributed by atoms with Gasteiger partial charge in [0.2, 0.25) is 17.7 Å². The number of aryl methyl sites for hydroxylation is 1. The smallest absolute Gasteiger partial charge is 0.229 e. The third kappa shape index (κ3) is 4.79. The number of amides is 3. The minimum Gasteiger partial charge on any atom is -0.326 e. The largest absolute Gasteiger partial charge is 0.326 e. The molecule has 6 nitrogen and oxygen atoms in total. The predicted octanol–water partition coefficient (Wildman–Crippen LogP) is 4.46. The molecule has 1 heterocycles. The van der Waals surface area contributed by atoms with Crippen LogP contribution in [0.4, 0.5) is 17.1 Å². The second-order valence-corrected chi connectivity index (χ2v) is 8.94. The fraction of sp³-hybridized carbons (Fsp3) is 0.400. The summed E-state index contributed by atoms with van der Waals surface area (Å²) < 4.78 is 0. The summed E-state index contributed by atoms with van der Waals surface area (Å²) in [7, 11) is 0. The first kappa shape index (κ1) is 21.1. The van der Waals surface area contributed by atoms with Crippen molar-refractivity contribution in [2.24, 2.45) is 11.8 Å². The summed E-state index contributed by atoms with van der Waals surface area (Å²) in [4.78, 5) is 39.3. The fourth-order valence-corrected chi connectivity index (χ4v) is 3.84. The van der Waals surface area contributed by atoms with Gasteiger partial charge in [-0.25, -0.2) is 0 Å². The zero-order chi connectivity index (χ0) is 22.1. The molecule has 2 aromatic rings. The van der Waals surface area contributed by atoms with E-state index in [0.29, 0.717) is 23.8 Å². The monoisotopic (exact) mass is 419 g/mol. The number of hydrogen-bond donors (Lipinski definition) is 2. The molecule has 1 saturated heterocycles. The number of anilines is 3. The van der Waals surface area contributed by atoms with Crippen LogP contribution in [0.5, 0.6) is 0 Å². The van der Waals surface area contributed by atoms with E-state index in [4.69, 9.17) is 0 Å². The Morgan fingerprint density at radius 1 is 1.00 bits per heavy atom. The van der Waals surface area contributed by atoms with Gasteiger partial charge in [0.05, 0.1) is 5.92 Å². The molecule has 1 aliphatic carbocycles. The van der Waals surface area contributed by atoms with E-state index >= 15 is 0 Å². The van der Waals surface area contributed by atoms with Crippen molar-refractivity contribution >= 4 is 34.8 Å². The van der Waals surface area contributed by atoms with Crippen LogP contribution >= 0.6 is 0 Å². The Bertz CT molecular complexity index is 1030. The van der Waals surface area contributed by atoms with E-state index in [1.165, 1.54) is 5.56 Å². The lowest BCUT2D eigenvalue weighted by Gasteiger charge is -2.19. The van der Waals surface area contributed by atoms with Crippen LogP contribution in [0, 0.1) is 18.8 Å². The predicted molar refractivity (Wildman–Crippen MR) is 122 cm³/mol. The second kappa shape index (κ2) is 8.53. The zero-order valence-corrected chi connectivity index (χ0v) is 18.3. The second-order valence-electron chi connectivity index (χ2n) is 8.94. The van der Waals surface area contributed by atoms with Gasteiger partial charge >= 0.3 is 0 Å². The third-order valence-corrected chi connectivity index (χ3v) is 6.06. The van der Waals surface area contributed by atoms with Crippen LogP contribution < -0.4 is 15.5 Å². The Morgan fingerprint density at radius 3 is 2.45 bits per heavy atom. The molecule has 1 unspecified atom stereocenters. The normalized spacial score (nSPS) is 18.4. The molecule has 4 rings (SSSR count). The summed E-state index contributed by atoms with van der Waals surface area (Å²) in [6.07, 6.45) is 2.07. The van der Waals surface area contributed by atoms with Crippen molar-refractivity contribution in [1.82, 2.24) is 0 Å². The molecular formula is C25H29N3O3. The van der Waals surface area contributed by atoms with Gasteiger partial charge in [-0.2, -0.15) is 0 Å². The first-order chi connectivity index (χ1) is 14.8. The average Bonchev–Trinajstić information content (AvgIpc) is 3.52. The average molecular weight is 420 g/mol. The van der Waals surface area contributed by atoms with Gasteiger partial charge in [0, 0.05) is 35.9 Å². The first-order valence-corrected chi connectivity index (χ1v) is 10.9. The molecular weight excluding hydrogens is 390 g/mol. The molecule has 6 heteroatoms. The van der Waals surface area contributed by atoms with Crippen LogP contribution in [-0.4, -0.2) is 24.3 Å². The van der Waals surface area contributed by atoms with Crippen LogP contribution in [-0.2, 0) is 14.4 Å². The van der Waals surface area contributed by atoms with E-state index < -0.39 is 5.92 Å². The highest BCUT2D eigenvalue weighted by molar-refractivity contribution is 6.04.